The van der Waals surface area contributed by atoms with Crippen LogP contribution in [0.4, 0.5) is 0 Å². The maximum absolute atomic E-state index is 9.90. The van der Waals surface area contributed by atoms with E-state index in [0.717, 1.165) is 25.2 Å². The minimum absolute atomic E-state index is 0.0694. The summed E-state index contributed by atoms with van der Waals surface area (Å²) >= 11 is 0. The molecule has 0 amide bonds. The molecule has 4 heteroatoms. The normalized spacial score (nSPS) is 42.6. The van der Waals surface area contributed by atoms with Gasteiger partial charge in [0.1, 0.15) is 6.10 Å². The van der Waals surface area contributed by atoms with Gasteiger partial charge >= 0.3 is 0 Å². The number of nitrogens with zero attached hydrogens (tertiary/aromatic N) is 1. The van der Waals surface area contributed by atoms with Crippen LogP contribution in [0.5, 0.6) is 0 Å². The molecule has 0 saturated heterocycles. The van der Waals surface area contributed by atoms with Gasteiger partial charge in [0.25, 0.3) is 5.09 Å². The summed E-state index contributed by atoms with van der Waals surface area (Å²) in [7, 11) is 0. The Hall–Kier alpha value is -0.800. The quantitative estimate of drug-likeness (QED) is 0.428. The lowest BCUT2D eigenvalue weighted by atomic mass is 10.2. The van der Waals surface area contributed by atoms with Crippen molar-refractivity contribution in [3.63, 3.8) is 0 Å². The Balaban J connectivity index is 1.88. The molecule has 0 aromatic heterocycles. The Morgan fingerprint density at radius 2 is 2.30 bits per heavy atom. The van der Waals surface area contributed by atoms with Crippen LogP contribution in [-0.2, 0) is 4.84 Å². The molecule has 0 heterocycles. The highest BCUT2D eigenvalue weighted by Gasteiger charge is 2.49. The minimum Gasteiger partial charge on any atom is -0.310 e. The summed E-state index contributed by atoms with van der Waals surface area (Å²) in [5.41, 5.74) is 0. The number of fused-ring (bicyclic) bond motifs is 1. The standard InChI is InChI=1S/C6H9NO3/c8-7(9)10-6-2-1-4-3-5(4)6/h4-6H,1-3H2. The van der Waals surface area contributed by atoms with Crippen LogP contribution in [0.2, 0.25) is 0 Å². The molecule has 0 N–H and O–H groups in total. The van der Waals surface area contributed by atoms with Crippen LogP contribution in [0.15, 0.2) is 0 Å². The number of hydrogen-bond donors (Lipinski definition) is 0. The molecule has 3 atom stereocenters. The molecule has 2 fully saturated rings. The maximum atomic E-state index is 9.90. The first-order valence-corrected chi connectivity index (χ1v) is 3.58. The van der Waals surface area contributed by atoms with Gasteiger partial charge in [0.05, 0.1) is 0 Å². The largest absolute Gasteiger partial charge is 0.310 e. The zero-order valence-electron chi connectivity index (χ0n) is 5.53. The van der Waals surface area contributed by atoms with Gasteiger partial charge in [-0.05, 0) is 31.1 Å². The molecule has 0 aromatic rings. The molecule has 56 valence electrons. The third-order valence-electron chi connectivity index (χ3n) is 2.50. The first-order valence-electron chi connectivity index (χ1n) is 3.58. The van der Waals surface area contributed by atoms with Gasteiger partial charge in [0.15, 0.2) is 0 Å². The third-order valence-corrected chi connectivity index (χ3v) is 2.50. The summed E-state index contributed by atoms with van der Waals surface area (Å²) in [6.45, 7) is 0. The molecule has 0 bridgehead atoms. The van der Waals surface area contributed by atoms with Crippen molar-refractivity contribution in [1.29, 1.82) is 0 Å². The number of rotatable bonds is 2. The fourth-order valence-corrected chi connectivity index (χ4v) is 1.89. The zero-order chi connectivity index (χ0) is 7.14. The highest BCUT2D eigenvalue weighted by molar-refractivity contribution is 4.97. The average molecular weight is 143 g/mol. The van der Waals surface area contributed by atoms with E-state index in [9.17, 15) is 10.1 Å². The molecular weight excluding hydrogens is 134 g/mol. The summed E-state index contributed by atoms with van der Waals surface area (Å²) in [6.07, 6.45) is 3.10. The monoisotopic (exact) mass is 143 g/mol. The van der Waals surface area contributed by atoms with Crippen LogP contribution in [0.3, 0.4) is 0 Å². The molecule has 3 unspecified atom stereocenters. The van der Waals surface area contributed by atoms with Gasteiger partial charge < -0.3 is 4.84 Å². The van der Waals surface area contributed by atoms with Crippen LogP contribution in [0.1, 0.15) is 19.3 Å². The average Bonchev–Trinajstić information content (AvgIpc) is 2.52. The Labute approximate surface area is 58.3 Å². The first kappa shape index (κ1) is 5.95. The predicted molar refractivity (Wildman–Crippen MR) is 32.7 cm³/mol. The Bertz CT molecular complexity index is 170. The van der Waals surface area contributed by atoms with E-state index in [4.69, 9.17) is 0 Å². The van der Waals surface area contributed by atoms with E-state index >= 15 is 0 Å². The molecule has 10 heavy (non-hydrogen) atoms. The van der Waals surface area contributed by atoms with Gasteiger partial charge in [-0.2, -0.15) is 0 Å². The molecule has 2 aliphatic carbocycles. The lowest BCUT2D eigenvalue weighted by Gasteiger charge is -2.06. The molecule has 0 radical (unpaired) electrons. The van der Waals surface area contributed by atoms with Crippen molar-refractivity contribution in [3.05, 3.63) is 10.1 Å². The van der Waals surface area contributed by atoms with E-state index in [1.54, 1.807) is 0 Å². The molecule has 0 aliphatic heterocycles. The van der Waals surface area contributed by atoms with Gasteiger partial charge in [0.2, 0.25) is 0 Å². The first-order chi connectivity index (χ1) is 4.77. The van der Waals surface area contributed by atoms with Crippen LogP contribution in [0.25, 0.3) is 0 Å². The van der Waals surface area contributed by atoms with Gasteiger partial charge in [0, 0.05) is 0 Å². The van der Waals surface area contributed by atoms with Gasteiger partial charge in [-0.15, -0.1) is 10.1 Å². The molecule has 2 rings (SSSR count). The SMILES string of the molecule is O=[N+]([O-])OC1CCC2CC21. The Kier molecular flexibility index (Phi) is 1.09. The molecule has 2 saturated carbocycles. The highest BCUT2D eigenvalue weighted by atomic mass is 17.0. The van der Waals surface area contributed by atoms with E-state index in [0.29, 0.717) is 5.92 Å². The van der Waals surface area contributed by atoms with Crippen molar-refractivity contribution < 1.29 is 9.92 Å². The zero-order valence-corrected chi connectivity index (χ0v) is 5.53. The Morgan fingerprint density at radius 1 is 1.50 bits per heavy atom. The van der Waals surface area contributed by atoms with E-state index < -0.39 is 5.09 Å². The maximum Gasteiger partial charge on any atom is 0.294 e. The van der Waals surface area contributed by atoms with Gasteiger partial charge in [-0.3, -0.25) is 0 Å². The summed E-state index contributed by atoms with van der Waals surface area (Å²) in [5.74, 6) is 1.27. The van der Waals surface area contributed by atoms with E-state index in [1.807, 2.05) is 0 Å². The molecule has 2 aliphatic rings. The smallest absolute Gasteiger partial charge is 0.294 e. The van der Waals surface area contributed by atoms with Crippen LogP contribution < -0.4 is 0 Å². The van der Waals surface area contributed by atoms with E-state index in [-0.39, 0.29) is 6.10 Å². The van der Waals surface area contributed by atoms with Crippen LogP contribution in [0, 0.1) is 22.0 Å². The fourth-order valence-electron chi connectivity index (χ4n) is 1.89. The summed E-state index contributed by atoms with van der Waals surface area (Å²) in [4.78, 5) is 14.4. The van der Waals surface area contributed by atoms with Crippen molar-refractivity contribution in [1.82, 2.24) is 0 Å². The second kappa shape index (κ2) is 1.84. The van der Waals surface area contributed by atoms with Gasteiger partial charge in [-0.1, -0.05) is 0 Å². The summed E-state index contributed by atoms with van der Waals surface area (Å²) in [6, 6.07) is 0. The van der Waals surface area contributed by atoms with Crippen molar-refractivity contribution in [2.75, 3.05) is 0 Å². The molecule has 0 aromatic carbocycles. The predicted octanol–water partition coefficient (Wildman–Crippen LogP) is 0.993. The third kappa shape index (κ3) is 0.836. The van der Waals surface area contributed by atoms with Crippen molar-refractivity contribution in [2.24, 2.45) is 11.8 Å². The van der Waals surface area contributed by atoms with E-state index in [1.165, 1.54) is 0 Å². The number of hydrogen-bond acceptors (Lipinski definition) is 3. The van der Waals surface area contributed by atoms with Crippen molar-refractivity contribution in [3.8, 4) is 0 Å². The lowest BCUT2D eigenvalue weighted by Crippen LogP contribution is -2.16. The van der Waals surface area contributed by atoms with E-state index in [2.05, 4.69) is 4.84 Å². The topological polar surface area (TPSA) is 52.4 Å². The van der Waals surface area contributed by atoms with Crippen LogP contribution >= 0.6 is 0 Å². The second-order valence-electron chi connectivity index (χ2n) is 3.10. The summed E-state index contributed by atoms with van der Waals surface area (Å²) in [5, 5.41) is 9.24. The second-order valence-corrected chi connectivity index (χ2v) is 3.10. The Morgan fingerprint density at radius 3 is 2.70 bits per heavy atom. The van der Waals surface area contributed by atoms with Gasteiger partial charge in [-0.25, -0.2) is 0 Å². The lowest BCUT2D eigenvalue weighted by molar-refractivity contribution is -0.769. The summed E-state index contributed by atoms with van der Waals surface area (Å²) < 4.78 is 0. The fraction of sp³-hybridized carbons (Fsp3) is 1.00. The minimum atomic E-state index is -0.661. The van der Waals surface area contributed by atoms with Crippen molar-refractivity contribution >= 4 is 0 Å². The highest BCUT2D eigenvalue weighted by Crippen LogP contribution is 2.52. The molecular formula is C6H9NO3. The molecule has 4 nitrogen and oxygen atoms in total. The van der Waals surface area contributed by atoms with Crippen LogP contribution in [-0.4, -0.2) is 11.2 Å². The van der Waals surface area contributed by atoms with Crippen molar-refractivity contribution in [2.45, 2.75) is 25.4 Å². The molecule has 0 spiro atoms.